The van der Waals surface area contributed by atoms with Crippen molar-refractivity contribution in [1.29, 1.82) is 0 Å². The molecule has 94 valence electrons. The van der Waals surface area contributed by atoms with Gasteiger partial charge in [0.1, 0.15) is 11.5 Å². The van der Waals surface area contributed by atoms with Crippen LogP contribution < -0.4 is 15.2 Å². The molecule has 0 radical (unpaired) electrons. The van der Waals surface area contributed by atoms with Gasteiger partial charge >= 0.3 is 0 Å². The van der Waals surface area contributed by atoms with E-state index in [2.05, 4.69) is 0 Å². The summed E-state index contributed by atoms with van der Waals surface area (Å²) >= 11 is 6.19. The molecule has 0 aromatic heterocycles. The number of ether oxygens (including phenoxy) is 2. The molecule has 2 rings (SSSR count). The first-order chi connectivity index (χ1) is 8.63. The summed E-state index contributed by atoms with van der Waals surface area (Å²) in [6.45, 7) is 0. The SMILES string of the molecule is COc1cc(OC)cc(-c2ccc(N)cc2Cl)c1. The molecule has 0 saturated heterocycles. The second-order valence-electron chi connectivity index (χ2n) is 3.84. The van der Waals surface area contributed by atoms with E-state index in [0.29, 0.717) is 10.7 Å². The molecule has 0 amide bonds. The summed E-state index contributed by atoms with van der Waals surface area (Å²) in [6.07, 6.45) is 0. The predicted molar refractivity (Wildman–Crippen MR) is 74.4 cm³/mol. The normalized spacial score (nSPS) is 10.2. The minimum atomic E-state index is 0.602. The maximum absolute atomic E-state index is 6.19. The number of nitrogen functional groups attached to an aromatic ring is 1. The molecular formula is C14H14ClNO2. The fourth-order valence-electron chi connectivity index (χ4n) is 1.73. The van der Waals surface area contributed by atoms with Gasteiger partial charge in [-0.2, -0.15) is 0 Å². The van der Waals surface area contributed by atoms with Gasteiger partial charge in [-0.25, -0.2) is 0 Å². The lowest BCUT2D eigenvalue weighted by Crippen LogP contribution is -1.90. The quantitative estimate of drug-likeness (QED) is 0.861. The van der Waals surface area contributed by atoms with Crippen LogP contribution in [0.1, 0.15) is 0 Å². The second-order valence-corrected chi connectivity index (χ2v) is 4.25. The second kappa shape index (κ2) is 5.19. The van der Waals surface area contributed by atoms with Crippen LogP contribution in [0.15, 0.2) is 36.4 Å². The average molecular weight is 264 g/mol. The maximum Gasteiger partial charge on any atom is 0.123 e. The molecule has 0 bridgehead atoms. The Hall–Kier alpha value is -1.87. The molecule has 2 aromatic rings. The van der Waals surface area contributed by atoms with Gasteiger partial charge in [0.2, 0.25) is 0 Å². The largest absolute Gasteiger partial charge is 0.497 e. The van der Waals surface area contributed by atoms with Gasteiger partial charge in [0.15, 0.2) is 0 Å². The first-order valence-corrected chi connectivity index (χ1v) is 5.80. The Morgan fingerprint density at radius 1 is 0.944 bits per heavy atom. The highest BCUT2D eigenvalue weighted by Crippen LogP contribution is 2.34. The monoisotopic (exact) mass is 263 g/mol. The van der Waals surface area contributed by atoms with Gasteiger partial charge in [0.05, 0.1) is 19.2 Å². The standard InChI is InChI=1S/C14H14ClNO2/c1-17-11-5-9(6-12(8-11)18-2)13-4-3-10(16)7-14(13)15/h3-8H,16H2,1-2H3. The Labute approximate surface area is 111 Å². The lowest BCUT2D eigenvalue weighted by Gasteiger charge is -2.10. The lowest BCUT2D eigenvalue weighted by atomic mass is 10.0. The zero-order valence-electron chi connectivity index (χ0n) is 10.2. The van der Waals surface area contributed by atoms with E-state index in [-0.39, 0.29) is 0 Å². The van der Waals surface area contributed by atoms with Crippen LogP contribution in [0.4, 0.5) is 5.69 Å². The zero-order chi connectivity index (χ0) is 13.1. The summed E-state index contributed by atoms with van der Waals surface area (Å²) in [5, 5.41) is 0.602. The van der Waals surface area contributed by atoms with Crippen molar-refractivity contribution < 1.29 is 9.47 Å². The minimum Gasteiger partial charge on any atom is -0.497 e. The van der Waals surface area contributed by atoms with Crippen molar-refractivity contribution >= 4 is 17.3 Å². The summed E-state index contributed by atoms with van der Waals surface area (Å²) < 4.78 is 10.5. The van der Waals surface area contributed by atoms with E-state index in [9.17, 15) is 0 Å². The molecule has 18 heavy (non-hydrogen) atoms. The van der Waals surface area contributed by atoms with Crippen LogP contribution in [0.3, 0.4) is 0 Å². The third kappa shape index (κ3) is 2.51. The molecule has 0 unspecified atom stereocenters. The van der Waals surface area contributed by atoms with Crippen LogP contribution in [0.5, 0.6) is 11.5 Å². The molecule has 3 nitrogen and oxygen atoms in total. The van der Waals surface area contributed by atoms with E-state index >= 15 is 0 Å². The molecule has 2 aromatic carbocycles. The summed E-state index contributed by atoms with van der Waals surface area (Å²) in [6, 6.07) is 11.0. The highest BCUT2D eigenvalue weighted by Gasteiger charge is 2.07. The fourth-order valence-corrected chi connectivity index (χ4v) is 2.03. The number of methoxy groups -OCH3 is 2. The highest BCUT2D eigenvalue weighted by molar-refractivity contribution is 6.33. The smallest absolute Gasteiger partial charge is 0.123 e. The van der Waals surface area contributed by atoms with Crippen LogP contribution in [0, 0.1) is 0 Å². The van der Waals surface area contributed by atoms with Crippen molar-refractivity contribution in [3.63, 3.8) is 0 Å². The zero-order valence-corrected chi connectivity index (χ0v) is 11.0. The van der Waals surface area contributed by atoms with E-state index < -0.39 is 0 Å². The summed E-state index contributed by atoms with van der Waals surface area (Å²) in [5.74, 6) is 1.44. The fraction of sp³-hybridized carbons (Fsp3) is 0.143. The van der Waals surface area contributed by atoms with Crippen LogP contribution in [-0.4, -0.2) is 14.2 Å². The van der Waals surface area contributed by atoms with Gasteiger partial charge < -0.3 is 15.2 Å². The molecule has 0 saturated carbocycles. The van der Waals surface area contributed by atoms with Crippen LogP contribution in [0.25, 0.3) is 11.1 Å². The first-order valence-electron chi connectivity index (χ1n) is 5.42. The summed E-state index contributed by atoms with van der Waals surface area (Å²) in [4.78, 5) is 0. The van der Waals surface area contributed by atoms with E-state index in [0.717, 1.165) is 22.6 Å². The van der Waals surface area contributed by atoms with E-state index in [1.165, 1.54) is 0 Å². The van der Waals surface area contributed by atoms with Gasteiger partial charge in [0.25, 0.3) is 0 Å². The molecule has 0 atom stereocenters. The Bertz CT molecular complexity index is 547. The van der Waals surface area contributed by atoms with Crippen molar-refractivity contribution in [2.45, 2.75) is 0 Å². The van der Waals surface area contributed by atoms with Crippen LogP contribution in [-0.2, 0) is 0 Å². The Balaban J connectivity index is 2.55. The van der Waals surface area contributed by atoms with E-state index in [4.69, 9.17) is 26.8 Å². The predicted octanol–water partition coefficient (Wildman–Crippen LogP) is 3.61. The van der Waals surface area contributed by atoms with Crippen molar-refractivity contribution in [3.8, 4) is 22.6 Å². The number of anilines is 1. The highest BCUT2D eigenvalue weighted by atomic mass is 35.5. The van der Waals surface area contributed by atoms with Crippen LogP contribution in [0.2, 0.25) is 5.02 Å². The van der Waals surface area contributed by atoms with Gasteiger partial charge in [0, 0.05) is 17.3 Å². The maximum atomic E-state index is 6.19. The van der Waals surface area contributed by atoms with Gasteiger partial charge in [-0.05, 0) is 29.8 Å². The molecule has 0 spiro atoms. The third-order valence-corrected chi connectivity index (χ3v) is 2.97. The van der Waals surface area contributed by atoms with Crippen LogP contribution >= 0.6 is 11.6 Å². The number of rotatable bonds is 3. The molecule has 0 aliphatic rings. The Morgan fingerprint density at radius 2 is 1.56 bits per heavy atom. The van der Waals surface area contributed by atoms with E-state index in [1.807, 2.05) is 30.3 Å². The van der Waals surface area contributed by atoms with Gasteiger partial charge in [-0.15, -0.1) is 0 Å². The van der Waals surface area contributed by atoms with Crippen molar-refractivity contribution in [2.24, 2.45) is 0 Å². The number of nitrogens with two attached hydrogens (primary N) is 1. The Morgan fingerprint density at radius 3 is 2.06 bits per heavy atom. The summed E-state index contributed by atoms with van der Waals surface area (Å²) in [7, 11) is 3.23. The molecule has 0 aliphatic heterocycles. The third-order valence-electron chi connectivity index (χ3n) is 2.66. The van der Waals surface area contributed by atoms with Crippen molar-refractivity contribution in [3.05, 3.63) is 41.4 Å². The molecule has 2 N–H and O–H groups in total. The van der Waals surface area contributed by atoms with Crippen molar-refractivity contribution in [1.82, 2.24) is 0 Å². The number of benzene rings is 2. The summed E-state index contributed by atoms with van der Waals surface area (Å²) in [5.41, 5.74) is 8.14. The topological polar surface area (TPSA) is 44.5 Å². The number of halogens is 1. The minimum absolute atomic E-state index is 0.602. The molecule has 0 aliphatic carbocycles. The first kappa shape index (κ1) is 12.6. The van der Waals surface area contributed by atoms with Gasteiger partial charge in [-0.3, -0.25) is 0 Å². The molecule has 0 fully saturated rings. The lowest BCUT2D eigenvalue weighted by molar-refractivity contribution is 0.394. The number of hydrogen-bond acceptors (Lipinski definition) is 3. The molecular weight excluding hydrogens is 250 g/mol. The van der Waals surface area contributed by atoms with Crippen molar-refractivity contribution in [2.75, 3.05) is 20.0 Å². The molecule has 4 heteroatoms. The Kier molecular flexibility index (Phi) is 3.63. The molecule has 0 heterocycles. The van der Waals surface area contributed by atoms with Gasteiger partial charge in [-0.1, -0.05) is 17.7 Å². The van der Waals surface area contributed by atoms with E-state index in [1.54, 1.807) is 20.3 Å². The number of hydrogen-bond donors (Lipinski definition) is 1. The average Bonchev–Trinajstić information content (AvgIpc) is 2.38.